The summed E-state index contributed by atoms with van der Waals surface area (Å²) in [6, 6.07) is 0. The Bertz CT molecular complexity index is 177. The third-order valence-electron chi connectivity index (χ3n) is 3.27. The minimum atomic E-state index is 0.156. The van der Waals surface area contributed by atoms with E-state index in [0.29, 0.717) is 5.41 Å². The lowest BCUT2D eigenvalue weighted by Gasteiger charge is -2.36. The average molecular weight is 277 g/mol. The molecule has 90 valence electrons. The molecule has 1 aliphatic rings. The van der Waals surface area contributed by atoms with Crippen LogP contribution in [0, 0.1) is 5.41 Å². The van der Waals surface area contributed by atoms with Crippen LogP contribution in [0.2, 0.25) is 0 Å². The van der Waals surface area contributed by atoms with Gasteiger partial charge in [0, 0.05) is 11.9 Å². The van der Waals surface area contributed by atoms with Crippen molar-refractivity contribution in [1.29, 1.82) is 0 Å². The Labute approximate surface area is 103 Å². The summed E-state index contributed by atoms with van der Waals surface area (Å²) in [6.07, 6.45) is 7.69. The van der Waals surface area contributed by atoms with Gasteiger partial charge in [0.1, 0.15) is 0 Å². The molecule has 1 rings (SSSR count). The van der Waals surface area contributed by atoms with Crippen molar-refractivity contribution in [2.75, 3.05) is 11.9 Å². The fourth-order valence-corrected chi connectivity index (χ4v) is 2.81. The van der Waals surface area contributed by atoms with Crippen LogP contribution in [0.4, 0.5) is 0 Å². The van der Waals surface area contributed by atoms with E-state index >= 15 is 0 Å². The maximum atomic E-state index is 6.15. The van der Waals surface area contributed by atoms with E-state index in [2.05, 4.69) is 36.7 Å². The van der Waals surface area contributed by atoms with Crippen LogP contribution < -0.4 is 0 Å². The summed E-state index contributed by atoms with van der Waals surface area (Å²) in [5.41, 5.74) is 0.547. The predicted molar refractivity (Wildman–Crippen MR) is 69.6 cm³/mol. The molecule has 0 unspecified atom stereocenters. The second-order valence-corrected chi connectivity index (χ2v) is 6.60. The number of ether oxygens (including phenoxy) is 1. The zero-order chi connectivity index (χ0) is 11.4. The highest BCUT2D eigenvalue weighted by Crippen LogP contribution is 2.34. The van der Waals surface area contributed by atoms with Crippen molar-refractivity contribution < 1.29 is 4.74 Å². The minimum Gasteiger partial charge on any atom is -0.374 e. The van der Waals surface area contributed by atoms with Crippen LogP contribution in [0.5, 0.6) is 0 Å². The molecule has 0 radical (unpaired) electrons. The monoisotopic (exact) mass is 276 g/mol. The Morgan fingerprint density at radius 2 is 1.73 bits per heavy atom. The van der Waals surface area contributed by atoms with Crippen molar-refractivity contribution in [2.24, 2.45) is 5.41 Å². The molecule has 2 heteroatoms. The van der Waals surface area contributed by atoms with Crippen molar-refractivity contribution in [1.82, 2.24) is 0 Å². The molecular weight excluding hydrogens is 252 g/mol. The topological polar surface area (TPSA) is 9.23 Å². The Morgan fingerprint density at radius 1 is 1.13 bits per heavy atom. The van der Waals surface area contributed by atoms with Crippen LogP contribution in [-0.2, 0) is 4.74 Å². The Balaban J connectivity index is 2.33. The summed E-state index contributed by atoms with van der Waals surface area (Å²) in [6.45, 7) is 7.74. The van der Waals surface area contributed by atoms with Crippen LogP contribution in [0.3, 0.4) is 0 Å². The first kappa shape index (κ1) is 13.5. The first-order valence-electron chi connectivity index (χ1n) is 6.17. The molecule has 0 atom stereocenters. The van der Waals surface area contributed by atoms with E-state index in [1.807, 2.05) is 0 Å². The Hall–Kier alpha value is 0.440. The van der Waals surface area contributed by atoms with Crippen LogP contribution >= 0.6 is 15.9 Å². The highest BCUT2D eigenvalue weighted by molar-refractivity contribution is 9.09. The number of hydrogen-bond acceptors (Lipinski definition) is 1. The van der Waals surface area contributed by atoms with E-state index in [1.165, 1.54) is 32.1 Å². The molecule has 1 nitrogen and oxygen atoms in total. The molecule has 0 spiro atoms. The largest absolute Gasteiger partial charge is 0.374 e. The van der Waals surface area contributed by atoms with Crippen molar-refractivity contribution in [2.45, 2.75) is 64.9 Å². The highest BCUT2D eigenvalue weighted by atomic mass is 79.9. The van der Waals surface area contributed by atoms with Crippen LogP contribution in [0.15, 0.2) is 0 Å². The van der Waals surface area contributed by atoms with Gasteiger partial charge in [-0.3, -0.25) is 0 Å². The van der Waals surface area contributed by atoms with Gasteiger partial charge in [-0.25, -0.2) is 0 Å². The highest BCUT2D eigenvalue weighted by Gasteiger charge is 2.31. The Morgan fingerprint density at radius 3 is 2.20 bits per heavy atom. The zero-order valence-corrected chi connectivity index (χ0v) is 12.0. The van der Waals surface area contributed by atoms with E-state index in [9.17, 15) is 0 Å². The second kappa shape index (κ2) is 5.67. The van der Waals surface area contributed by atoms with Crippen molar-refractivity contribution >= 4 is 15.9 Å². The van der Waals surface area contributed by atoms with Crippen LogP contribution in [0.1, 0.15) is 59.3 Å². The van der Waals surface area contributed by atoms with Gasteiger partial charge in [-0.2, -0.15) is 0 Å². The van der Waals surface area contributed by atoms with Gasteiger partial charge in [-0.05, 0) is 24.7 Å². The number of alkyl halides is 1. The minimum absolute atomic E-state index is 0.156. The van der Waals surface area contributed by atoms with E-state index < -0.39 is 0 Å². The maximum absolute atomic E-state index is 6.15. The summed E-state index contributed by atoms with van der Waals surface area (Å²) >= 11 is 3.62. The molecule has 15 heavy (non-hydrogen) atoms. The molecule has 0 aromatic heterocycles. The first-order chi connectivity index (χ1) is 6.97. The first-order valence-corrected chi connectivity index (χ1v) is 7.30. The summed E-state index contributed by atoms with van der Waals surface area (Å²) in [5, 5.41) is 1.00. The normalized spacial score (nSPS) is 21.6. The number of halogens is 1. The lowest BCUT2D eigenvalue weighted by Crippen LogP contribution is -2.37. The Kier molecular flexibility index (Phi) is 5.11. The van der Waals surface area contributed by atoms with E-state index in [1.54, 1.807) is 0 Å². The average Bonchev–Trinajstić information content (AvgIpc) is 2.17. The zero-order valence-electron chi connectivity index (χ0n) is 10.4. The van der Waals surface area contributed by atoms with Gasteiger partial charge in [-0.1, -0.05) is 56.0 Å². The third-order valence-corrected chi connectivity index (χ3v) is 4.29. The van der Waals surface area contributed by atoms with Crippen LogP contribution in [-0.4, -0.2) is 17.5 Å². The maximum Gasteiger partial charge on any atom is 0.0778 e. The van der Waals surface area contributed by atoms with Gasteiger partial charge < -0.3 is 4.74 Å². The number of hydrogen-bond donors (Lipinski definition) is 0. The summed E-state index contributed by atoms with van der Waals surface area (Å²) < 4.78 is 6.15. The predicted octanol–water partition coefficient (Wildman–Crippen LogP) is 4.54. The molecular formula is C13H25BrO. The summed E-state index contributed by atoms with van der Waals surface area (Å²) in [5.74, 6) is 0. The van der Waals surface area contributed by atoms with Gasteiger partial charge in [-0.15, -0.1) is 0 Å². The standard InChI is InChI=1S/C13H25BrO/c1-12(2,3)9-10-15-13(11-14)7-5-4-6-8-13/h4-11H2,1-3H3. The molecule has 0 heterocycles. The van der Waals surface area contributed by atoms with Gasteiger partial charge in [0.25, 0.3) is 0 Å². The number of rotatable bonds is 4. The van der Waals surface area contributed by atoms with Crippen LogP contribution in [0.25, 0.3) is 0 Å². The van der Waals surface area contributed by atoms with Gasteiger partial charge in [0.2, 0.25) is 0 Å². The molecule has 1 saturated carbocycles. The molecule has 0 saturated heterocycles. The fourth-order valence-electron chi connectivity index (χ4n) is 2.09. The smallest absolute Gasteiger partial charge is 0.0778 e. The molecule has 0 aromatic rings. The molecule has 1 aliphatic carbocycles. The molecule has 0 bridgehead atoms. The lowest BCUT2D eigenvalue weighted by atomic mass is 9.86. The molecule has 0 amide bonds. The summed E-state index contributed by atoms with van der Waals surface area (Å²) in [7, 11) is 0. The third kappa shape index (κ3) is 4.86. The quantitative estimate of drug-likeness (QED) is 0.686. The van der Waals surface area contributed by atoms with Gasteiger partial charge in [0.05, 0.1) is 5.60 Å². The van der Waals surface area contributed by atoms with Crippen molar-refractivity contribution in [3.05, 3.63) is 0 Å². The van der Waals surface area contributed by atoms with E-state index in [-0.39, 0.29) is 5.60 Å². The second-order valence-electron chi connectivity index (χ2n) is 6.04. The molecule has 0 aliphatic heterocycles. The van der Waals surface area contributed by atoms with Crippen molar-refractivity contribution in [3.8, 4) is 0 Å². The molecule has 1 fully saturated rings. The summed E-state index contributed by atoms with van der Waals surface area (Å²) in [4.78, 5) is 0. The van der Waals surface area contributed by atoms with E-state index in [0.717, 1.165) is 18.4 Å². The molecule has 0 N–H and O–H groups in total. The van der Waals surface area contributed by atoms with Gasteiger partial charge >= 0.3 is 0 Å². The fraction of sp³-hybridized carbons (Fsp3) is 1.00. The van der Waals surface area contributed by atoms with Gasteiger partial charge in [0.15, 0.2) is 0 Å². The van der Waals surface area contributed by atoms with Crippen molar-refractivity contribution in [3.63, 3.8) is 0 Å². The van der Waals surface area contributed by atoms with E-state index in [4.69, 9.17) is 4.74 Å². The lowest BCUT2D eigenvalue weighted by molar-refractivity contribution is -0.0591. The molecule has 0 aromatic carbocycles. The SMILES string of the molecule is CC(C)(C)CCOC1(CBr)CCCCC1.